The zero-order chi connectivity index (χ0) is 19.6. The van der Waals surface area contributed by atoms with Crippen molar-refractivity contribution in [2.24, 2.45) is 0 Å². The van der Waals surface area contributed by atoms with Gasteiger partial charge in [0.1, 0.15) is 6.54 Å². The number of carbonyl (C=O) groups is 1. The smallest absolute Gasteiger partial charge is 0.254 e. The van der Waals surface area contributed by atoms with Crippen LogP contribution in [0.2, 0.25) is 10.0 Å². The second-order valence-corrected chi connectivity index (χ2v) is 7.35. The highest BCUT2D eigenvalue weighted by Crippen LogP contribution is 2.22. The molecule has 1 heterocycles. The molecule has 0 fully saturated rings. The molecule has 3 rings (SSSR count). The van der Waals surface area contributed by atoms with Crippen LogP contribution in [-0.4, -0.2) is 27.0 Å². The number of benzene rings is 2. The molecule has 1 amide bonds. The van der Waals surface area contributed by atoms with E-state index < -0.39 is 0 Å². The Bertz CT molecular complexity index is 952. The minimum atomic E-state index is -0.141. The van der Waals surface area contributed by atoms with Crippen LogP contribution in [0.5, 0.6) is 0 Å². The van der Waals surface area contributed by atoms with E-state index in [0.717, 1.165) is 11.1 Å². The minimum Gasteiger partial charge on any atom is -0.337 e. The van der Waals surface area contributed by atoms with Crippen LogP contribution < -0.4 is 0 Å². The molecule has 1 aromatic heterocycles. The van der Waals surface area contributed by atoms with Crippen LogP contribution in [0.3, 0.4) is 0 Å². The van der Waals surface area contributed by atoms with Gasteiger partial charge in [-0.2, -0.15) is 4.98 Å². The van der Waals surface area contributed by atoms with Crippen LogP contribution in [0.15, 0.2) is 47.0 Å². The van der Waals surface area contributed by atoms with Crippen LogP contribution in [0.1, 0.15) is 35.7 Å². The minimum absolute atomic E-state index is 0.0524. The van der Waals surface area contributed by atoms with Crippen molar-refractivity contribution < 1.29 is 9.32 Å². The van der Waals surface area contributed by atoms with Gasteiger partial charge in [0.25, 0.3) is 5.91 Å². The molecule has 0 unspecified atom stereocenters. The lowest BCUT2D eigenvalue weighted by molar-refractivity contribution is 0.0667. The first-order valence-electron chi connectivity index (χ1n) is 8.51. The SMILES string of the molecule is Cc1ccc(C(=O)N(Cc2nc(-c3ccc(Cl)cc3)no2)C(C)C)cc1Cl. The van der Waals surface area contributed by atoms with Crippen molar-refractivity contribution >= 4 is 29.1 Å². The van der Waals surface area contributed by atoms with E-state index in [9.17, 15) is 4.79 Å². The molecule has 7 heteroatoms. The lowest BCUT2D eigenvalue weighted by atomic mass is 10.1. The molecular formula is C20H19Cl2N3O2. The lowest BCUT2D eigenvalue weighted by Gasteiger charge is -2.25. The third-order valence-electron chi connectivity index (χ3n) is 4.18. The summed E-state index contributed by atoms with van der Waals surface area (Å²) in [4.78, 5) is 19.0. The van der Waals surface area contributed by atoms with Gasteiger partial charge in [-0.15, -0.1) is 0 Å². The number of carbonyl (C=O) groups excluding carboxylic acids is 1. The summed E-state index contributed by atoms with van der Waals surface area (Å²) in [5.41, 5.74) is 2.24. The molecule has 0 saturated carbocycles. The number of halogens is 2. The molecule has 0 spiro atoms. The highest BCUT2D eigenvalue weighted by Gasteiger charge is 2.22. The lowest BCUT2D eigenvalue weighted by Crippen LogP contribution is -2.36. The largest absolute Gasteiger partial charge is 0.337 e. The van der Waals surface area contributed by atoms with Crippen LogP contribution in [-0.2, 0) is 6.54 Å². The van der Waals surface area contributed by atoms with Gasteiger partial charge in [0.2, 0.25) is 11.7 Å². The first-order valence-corrected chi connectivity index (χ1v) is 9.26. The standard InChI is InChI=1S/C20H19Cl2N3O2/c1-12(2)25(20(26)15-5-4-13(3)17(22)10-15)11-18-23-19(24-27-18)14-6-8-16(21)9-7-14/h4-10,12H,11H2,1-3H3. The summed E-state index contributed by atoms with van der Waals surface area (Å²) < 4.78 is 5.34. The Hall–Kier alpha value is -2.37. The van der Waals surface area contributed by atoms with Crippen molar-refractivity contribution in [2.45, 2.75) is 33.4 Å². The Morgan fingerprint density at radius 2 is 1.85 bits per heavy atom. The van der Waals surface area contributed by atoms with E-state index in [1.54, 1.807) is 29.2 Å². The number of hydrogen-bond acceptors (Lipinski definition) is 4. The number of rotatable bonds is 5. The topological polar surface area (TPSA) is 59.2 Å². The van der Waals surface area contributed by atoms with Crippen molar-refractivity contribution in [1.29, 1.82) is 0 Å². The van der Waals surface area contributed by atoms with Gasteiger partial charge in [0.05, 0.1) is 0 Å². The Kier molecular flexibility index (Phi) is 5.82. The van der Waals surface area contributed by atoms with Crippen molar-refractivity contribution in [3.05, 3.63) is 69.5 Å². The molecular weight excluding hydrogens is 385 g/mol. The van der Waals surface area contributed by atoms with Crippen molar-refractivity contribution in [3.63, 3.8) is 0 Å². The van der Waals surface area contributed by atoms with E-state index >= 15 is 0 Å². The van der Waals surface area contributed by atoms with Crippen molar-refractivity contribution in [2.75, 3.05) is 0 Å². The van der Waals surface area contributed by atoms with Gasteiger partial charge in [-0.1, -0.05) is 34.4 Å². The number of hydrogen-bond donors (Lipinski definition) is 0. The summed E-state index contributed by atoms with van der Waals surface area (Å²) >= 11 is 12.1. The maximum Gasteiger partial charge on any atom is 0.254 e. The first-order chi connectivity index (χ1) is 12.8. The number of amides is 1. The maximum absolute atomic E-state index is 12.9. The number of aromatic nitrogens is 2. The Balaban J connectivity index is 1.81. The van der Waals surface area contributed by atoms with Gasteiger partial charge < -0.3 is 9.42 Å². The molecule has 2 aromatic carbocycles. The average molecular weight is 404 g/mol. The summed E-state index contributed by atoms with van der Waals surface area (Å²) in [6, 6.07) is 12.4. The molecule has 0 aliphatic carbocycles. The normalized spacial score (nSPS) is 11.0. The fraction of sp³-hybridized carbons (Fsp3) is 0.250. The van der Waals surface area contributed by atoms with Gasteiger partial charge in [-0.25, -0.2) is 0 Å². The van der Waals surface area contributed by atoms with E-state index in [0.29, 0.717) is 27.3 Å². The van der Waals surface area contributed by atoms with Gasteiger partial charge >= 0.3 is 0 Å². The molecule has 0 aliphatic heterocycles. The van der Waals surface area contributed by atoms with E-state index in [1.165, 1.54) is 0 Å². The van der Waals surface area contributed by atoms with Crippen LogP contribution >= 0.6 is 23.2 Å². The fourth-order valence-electron chi connectivity index (χ4n) is 2.56. The average Bonchev–Trinajstić information content (AvgIpc) is 3.10. The van der Waals surface area contributed by atoms with Crippen molar-refractivity contribution in [3.8, 4) is 11.4 Å². The van der Waals surface area contributed by atoms with Gasteiger partial charge in [0.15, 0.2) is 0 Å². The fourth-order valence-corrected chi connectivity index (χ4v) is 2.87. The predicted octanol–water partition coefficient (Wildman–Crippen LogP) is 5.40. The Morgan fingerprint density at radius 3 is 2.48 bits per heavy atom. The summed E-state index contributed by atoms with van der Waals surface area (Å²) in [7, 11) is 0. The highest BCUT2D eigenvalue weighted by molar-refractivity contribution is 6.31. The monoisotopic (exact) mass is 403 g/mol. The zero-order valence-electron chi connectivity index (χ0n) is 15.2. The molecule has 0 N–H and O–H groups in total. The third-order valence-corrected chi connectivity index (χ3v) is 4.84. The summed E-state index contributed by atoms with van der Waals surface area (Å²) in [5, 5.41) is 5.20. The van der Waals surface area contributed by atoms with E-state index in [-0.39, 0.29) is 18.5 Å². The molecule has 5 nitrogen and oxygen atoms in total. The zero-order valence-corrected chi connectivity index (χ0v) is 16.8. The molecule has 0 aliphatic rings. The van der Waals surface area contributed by atoms with Gasteiger partial charge in [-0.3, -0.25) is 4.79 Å². The van der Waals surface area contributed by atoms with Crippen LogP contribution in [0, 0.1) is 6.92 Å². The molecule has 140 valence electrons. The van der Waals surface area contributed by atoms with E-state index in [1.807, 2.05) is 39.0 Å². The second-order valence-electron chi connectivity index (χ2n) is 6.51. The summed E-state index contributed by atoms with van der Waals surface area (Å²) in [6.07, 6.45) is 0. The first kappa shape index (κ1) is 19.4. The summed E-state index contributed by atoms with van der Waals surface area (Å²) in [5.74, 6) is 0.676. The Morgan fingerprint density at radius 1 is 1.15 bits per heavy atom. The third kappa shape index (κ3) is 4.49. The molecule has 0 bridgehead atoms. The molecule has 0 atom stereocenters. The molecule has 27 heavy (non-hydrogen) atoms. The van der Waals surface area contributed by atoms with E-state index in [2.05, 4.69) is 10.1 Å². The molecule has 3 aromatic rings. The summed E-state index contributed by atoms with van der Waals surface area (Å²) in [6.45, 7) is 5.98. The number of nitrogens with zero attached hydrogens (tertiary/aromatic N) is 3. The van der Waals surface area contributed by atoms with E-state index in [4.69, 9.17) is 27.7 Å². The second kappa shape index (κ2) is 8.11. The quantitative estimate of drug-likeness (QED) is 0.571. The predicted molar refractivity (Wildman–Crippen MR) is 106 cm³/mol. The molecule has 0 radical (unpaired) electrons. The maximum atomic E-state index is 12.9. The van der Waals surface area contributed by atoms with Gasteiger partial charge in [0, 0.05) is 27.2 Å². The van der Waals surface area contributed by atoms with Crippen molar-refractivity contribution in [1.82, 2.24) is 15.0 Å². The Labute approximate surface area is 167 Å². The number of aryl methyl sites for hydroxylation is 1. The van der Waals surface area contributed by atoms with Gasteiger partial charge in [-0.05, 0) is 62.7 Å². The molecule has 0 saturated heterocycles. The van der Waals surface area contributed by atoms with Crippen LogP contribution in [0.25, 0.3) is 11.4 Å². The highest BCUT2D eigenvalue weighted by atomic mass is 35.5. The van der Waals surface area contributed by atoms with Crippen LogP contribution in [0.4, 0.5) is 0 Å².